The van der Waals surface area contributed by atoms with Crippen molar-refractivity contribution in [3.63, 3.8) is 0 Å². The zero-order valence-electron chi connectivity index (χ0n) is 10.8. The molecule has 1 saturated carbocycles. The van der Waals surface area contributed by atoms with Crippen LogP contribution < -0.4 is 11.1 Å². The molecule has 1 aromatic heterocycles. The van der Waals surface area contributed by atoms with Crippen LogP contribution >= 0.6 is 0 Å². The Morgan fingerprint density at radius 2 is 2.16 bits per heavy atom. The lowest BCUT2D eigenvalue weighted by atomic mass is 10.1. The summed E-state index contributed by atoms with van der Waals surface area (Å²) in [7, 11) is 0. The van der Waals surface area contributed by atoms with Crippen LogP contribution in [-0.2, 0) is 0 Å². The number of aliphatic hydroxyl groups is 1. The molecule has 4 heteroatoms. The minimum Gasteiger partial charge on any atom is -0.374 e. The van der Waals surface area contributed by atoms with Crippen molar-refractivity contribution in [1.29, 1.82) is 0 Å². The average Bonchev–Trinajstić information content (AvgIpc) is 2.85. The molecule has 0 spiro atoms. The number of pyridine rings is 1. The minimum absolute atomic E-state index is 0.240. The first-order valence-corrected chi connectivity index (χ1v) is 6.76. The Hall–Kier alpha value is -1.65. The molecule has 2 aromatic rings. The Kier molecular flexibility index (Phi) is 3.36. The number of anilines is 1. The third kappa shape index (κ3) is 2.69. The fourth-order valence-corrected chi connectivity index (χ4v) is 2.80. The second-order valence-electron chi connectivity index (χ2n) is 5.36. The molecule has 1 unspecified atom stereocenters. The molecular weight excluding hydrogens is 238 g/mol. The van der Waals surface area contributed by atoms with Crippen LogP contribution in [0.3, 0.4) is 0 Å². The number of hydrogen-bond acceptors (Lipinski definition) is 4. The number of nitrogens with zero attached hydrogens (tertiary/aromatic N) is 1. The highest BCUT2D eigenvalue weighted by molar-refractivity contribution is 5.84. The van der Waals surface area contributed by atoms with E-state index in [1.807, 2.05) is 30.5 Å². The molecule has 1 aliphatic rings. The summed E-state index contributed by atoms with van der Waals surface area (Å²) in [5, 5.41) is 15.6. The van der Waals surface area contributed by atoms with E-state index >= 15 is 0 Å². The van der Waals surface area contributed by atoms with Gasteiger partial charge in [-0.3, -0.25) is 4.98 Å². The van der Waals surface area contributed by atoms with Gasteiger partial charge < -0.3 is 16.2 Å². The van der Waals surface area contributed by atoms with Crippen molar-refractivity contribution >= 4 is 16.5 Å². The number of nitrogens with two attached hydrogens (primary N) is 1. The van der Waals surface area contributed by atoms with Gasteiger partial charge in [-0.05, 0) is 42.8 Å². The molecule has 19 heavy (non-hydrogen) atoms. The summed E-state index contributed by atoms with van der Waals surface area (Å²) in [6.45, 7) is 0. The standard InChI is InChI=1S/C15H19N3O/c16-13-3-1-11(7-13)15(19)18-14-4-2-12-9-17-6-5-10(12)8-14/h2,4-6,8-9,11,13,15,18-19H,1,3,7,16H2/t11-,13+,15?/m0/s1. The zero-order valence-corrected chi connectivity index (χ0v) is 10.8. The number of benzene rings is 1. The van der Waals surface area contributed by atoms with Crippen LogP contribution in [0.4, 0.5) is 5.69 Å². The van der Waals surface area contributed by atoms with Gasteiger partial charge in [0, 0.05) is 35.4 Å². The summed E-state index contributed by atoms with van der Waals surface area (Å²) in [5.74, 6) is 0.253. The average molecular weight is 257 g/mol. The second-order valence-corrected chi connectivity index (χ2v) is 5.36. The van der Waals surface area contributed by atoms with Crippen LogP contribution in [0.5, 0.6) is 0 Å². The van der Waals surface area contributed by atoms with Gasteiger partial charge in [-0.2, -0.15) is 0 Å². The van der Waals surface area contributed by atoms with Crippen LogP contribution in [-0.4, -0.2) is 22.4 Å². The molecule has 0 bridgehead atoms. The van der Waals surface area contributed by atoms with E-state index in [2.05, 4.69) is 10.3 Å². The van der Waals surface area contributed by atoms with E-state index in [0.29, 0.717) is 0 Å². The lowest BCUT2D eigenvalue weighted by Gasteiger charge is -2.20. The van der Waals surface area contributed by atoms with E-state index in [1.54, 1.807) is 6.20 Å². The van der Waals surface area contributed by atoms with E-state index in [0.717, 1.165) is 35.7 Å². The Morgan fingerprint density at radius 3 is 2.95 bits per heavy atom. The van der Waals surface area contributed by atoms with Crippen molar-refractivity contribution in [2.45, 2.75) is 31.5 Å². The normalized spacial score (nSPS) is 24.5. The largest absolute Gasteiger partial charge is 0.374 e. The van der Waals surface area contributed by atoms with Crippen LogP contribution in [0.2, 0.25) is 0 Å². The molecule has 3 atom stereocenters. The Bertz CT molecular complexity index is 572. The maximum Gasteiger partial charge on any atom is 0.127 e. The molecule has 4 N–H and O–H groups in total. The predicted molar refractivity (Wildman–Crippen MR) is 76.7 cm³/mol. The zero-order chi connectivity index (χ0) is 13.2. The third-order valence-corrected chi connectivity index (χ3v) is 3.92. The first-order valence-electron chi connectivity index (χ1n) is 6.76. The van der Waals surface area contributed by atoms with Crippen molar-refractivity contribution in [3.8, 4) is 0 Å². The van der Waals surface area contributed by atoms with Crippen LogP contribution in [0.15, 0.2) is 36.7 Å². The number of rotatable bonds is 3. The first-order chi connectivity index (χ1) is 9.22. The fraction of sp³-hybridized carbons (Fsp3) is 0.400. The topological polar surface area (TPSA) is 71.2 Å². The van der Waals surface area contributed by atoms with E-state index in [4.69, 9.17) is 5.73 Å². The highest BCUT2D eigenvalue weighted by atomic mass is 16.3. The summed E-state index contributed by atoms with van der Waals surface area (Å²) in [6, 6.07) is 8.23. The Balaban J connectivity index is 1.74. The molecule has 1 aromatic carbocycles. The summed E-state index contributed by atoms with van der Waals surface area (Å²) in [6.07, 6.45) is 5.99. The molecule has 0 aliphatic heterocycles. The third-order valence-electron chi connectivity index (χ3n) is 3.92. The summed E-state index contributed by atoms with van der Waals surface area (Å²) < 4.78 is 0. The molecule has 0 amide bonds. The number of aliphatic hydroxyl groups excluding tert-OH is 1. The number of hydrogen-bond donors (Lipinski definition) is 3. The summed E-state index contributed by atoms with van der Waals surface area (Å²) in [5.41, 5.74) is 6.82. The van der Waals surface area contributed by atoms with Crippen molar-refractivity contribution in [3.05, 3.63) is 36.7 Å². The van der Waals surface area contributed by atoms with Crippen LogP contribution in [0.1, 0.15) is 19.3 Å². The van der Waals surface area contributed by atoms with Gasteiger partial charge in [-0.25, -0.2) is 0 Å². The van der Waals surface area contributed by atoms with Crippen molar-refractivity contribution in [1.82, 2.24) is 4.98 Å². The molecule has 100 valence electrons. The highest BCUT2D eigenvalue weighted by Crippen LogP contribution is 2.28. The maximum atomic E-state index is 10.2. The van der Waals surface area contributed by atoms with Crippen molar-refractivity contribution < 1.29 is 5.11 Å². The fourth-order valence-electron chi connectivity index (χ4n) is 2.80. The quantitative estimate of drug-likeness (QED) is 0.736. The molecule has 1 fully saturated rings. The van der Waals surface area contributed by atoms with Gasteiger partial charge in [0.2, 0.25) is 0 Å². The molecule has 4 nitrogen and oxygen atoms in total. The molecule has 3 rings (SSSR count). The van der Waals surface area contributed by atoms with Gasteiger partial charge in [-0.1, -0.05) is 6.07 Å². The van der Waals surface area contributed by atoms with E-state index in [-0.39, 0.29) is 12.0 Å². The predicted octanol–water partition coefficient (Wildman–Crippen LogP) is 2.09. The van der Waals surface area contributed by atoms with Gasteiger partial charge in [0.25, 0.3) is 0 Å². The van der Waals surface area contributed by atoms with Gasteiger partial charge >= 0.3 is 0 Å². The van der Waals surface area contributed by atoms with Gasteiger partial charge in [0.05, 0.1) is 0 Å². The maximum absolute atomic E-state index is 10.2. The Morgan fingerprint density at radius 1 is 1.26 bits per heavy atom. The smallest absolute Gasteiger partial charge is 0.127 e. The van der Waals surface area contributed by atoms with Crippen LogP contribution in [0.25, 0.3) is 10.8 Å². The highest BCUT2D eigenvalue weighted by Gasteiger charge is 2.27. The number of nitrogens with one attached hydrogen (secondary N) is 1. The minimum atomic E-state index is -0.521. The number of fused-ring (bicyclic) bond motifs is 1. The monoisotopic (exact) mass is 257 g/mol. The Labute approximate surface area is 112 Å². The lowest BCUT2D eigenvalue weighted by molar-refractivity contribution is 0.136. The molecule has 1 heterocycles. The van der Waals surface area contributed by atoms with E-state index in [9.17, 15) is 5.11 Å². The van der Waals surface area contributed by atoms with Crippen molar-refractivity contribution in [2.75, 3.05) is 5.32 Å². The summed E-state index contributed by atoms with van der Waals surface area (Å²) in [4.78, 5) is 4.09. The summed E-state index contributed by atoms with van der Waals surface area (Å²) >= 11 is 0. The molecular formula is C15H19N3O. The molecule has 0 saturated heterocycles. The number of aromatic nitrogens is 1. The SMILES string of the molecule is N[C@@H]1CC[C@H](C(O)Nc2ccc3cnccc3c2)C1. The molecule has 0 radical (unpaired) electrons. The lowest BCUT2D eigenvalue weighted by Crippen LogP contribution is -2.28. The van der Waals surface area contributed by atoms with Gasteiger partial charge in [0.15, 0.2) is 0 Å². The van der Waals surface area contributed by atoms with Gasteiger partial charge in [0.1, 0.15) is 6.23 Å². The van der Waals surface area contributed by atoms with Crippen LogP contribution in [0, 0.1) is 5.92 Å². The van der Waals surface area contributed by atoms with E-state index < -0.39 is 6.23 Å². The molecule has 1 aliphatic carbocycles. The first kappa shape index (κ1) is 12.4. The van der Waals surface area contributed by atoms with E-state index in [1.165, 1.54) is 0 Å². The second kappa shape index (κ2) is 5.15. The van der Waals surface area contributed by atoms with Crippen molar-refractivity contribution in [2.24, 2.45) is 11.7 Å². The van der Waals surface area contributed by atoms with Gasteiger partial charge in [-0.15, -0.1) is 0 Å².